The van der Waals surface area contributed by atoms with Crippen LogP contribution in [0.3, 0.4) is 0 Å². The molecule has 0 N–H and O–H groups in total. The molecule has 0 aliphatic rings. The first-order valence-electron chi connectivity index (χ1n) is 27.2. The molecular formula is C55H104O6. The van der Waals surface area contributed by atoms with Gasteiger partial charge < -0.3 is 14.2 Å². The molecule has 360 valence electrons. The Hall–Kier alpha value is -1.85. The molecule has 0 spiro atoms. The largest absolute Gasteiger partial charge is 0.462 e. The summed E-state index contributed by atoms with van der Waals surface area (Å²) >= 11 is 0. The molecule has 0 aliphatic heterocycles. The number of carbonyl (C=O) groups excluding carboxylic acids is 3. The Morgan fingerprint density at radius 2 is 0.541 bits per heavy atom. The van der Waals surface area contributed by atoms with Crippen molar-refractivity contribution in [3.63, 3.8) is 0 Å². The summed E-state index contributed by atoms with van der Waals surface area (Å²) in [5.74, 6) is -0.859. The van der Waals surface area contributed by atoms with Crippen molar-refractivity contribution in [3.8, 4) is 0 Å². The van der Waals surface area contributed by atoms with Crippen LogP contribution in [0.1, 0.15) is 303 Å². The quantitative estimate of drug-likeness (QED) is 0.0262. The van der Waals surface area contributed by atoms with E-state index in [2.05, 4.69) is 32.9 Å². The number of allylic oxidation sites excluding steroid dienone is 2. The van der Waals surface area contributed by atoms with Gasteiger partial charge in [0, 0.05) is 19.3 Å². The van der Waals surface area contributed by atoms with Gasteiger partial charge in [-0.15, -0.1) is 0 Å². The summed E-state index contributed by atoms with van der Waals surface area (Å²) in [5, 5.41) is 0. The van der Waals surface area contributed by atoms with Crippen LogP contribution in [0.2, 0.25) is 0 Å². The van der Waals surface area contributed by atoms with Crippen molar-refractivity contribution in [1.82, 2.24) is 0 Å². The van der Waals surface area contributed by atoms with Gasteiger partial charge in [0.05, 0.1) is 0 Å². The third kappa shape index (κ3) is 49.0. The molecule has 0 aromatic rings. The number of ether oxygens (including phenoxy) is 3. The maximum Gasteiger partial charge on any atom is 0.306 e. The van der Waals surface area contributed by atoms with Gasteiger partial charge in [-0.1, -0.05) is 251 Å². The monoisotopic (exact) mass is 861 g/mol. The summed E-state index contributed by atoms with van der Waals surface area (Å²) in [5.41, 5.74) is 0. The van der Waals surface area contributed by atoms with E-state index >= 15 is 0 Å². The highest BCUT2D eigenvalue weighted by Crippen LogP contribution is 2.17. The van der Waals surface area contributed by atoms with Gasteiger partial charge in [0.1, 0.15) is 13.2 Å². The normalized spacial score (nSPS) is 12.0. The van der Waals surface area contributed by atoms with E-state index in [9.17, 15) is 14.4 Å². The Morgan fingerprint density at radius 3 is 0.836 bits per heavy atom. The molecule has 6 nitrogen and oxygen atoms in total. The van der Waals surface area contributed by atoms with Crippen molar-refractivity contribution in [3.05, 3.63) is 12.2 Å². The van der Waals surface area contributed by atoms with Gasteiger partial charge in [-0.3, -0.25) is 14.4 Å². The lowest BCUT2D eigenvalue weighted by Gasteiger charge is -2.18. The van der Waals surface area contributed by atoms with Gasteiger partial charge in [0.15, 0.2) is 6.10 Å². The minimum absolute atomic E-state index is 0.0679. The minimum Gasteiger partial charge on any atom is -0.462 e. The Balaban J connectivity index is 4.26. The van der Waals surface area contributed by atoms with Crippen molar-refractivity contribution in [2.75, 3.05) is 13.2 Å². The molecule has 1 atom stereocenters. The SMILES string of the molecule is CCCCCC/C=C\CCCCCCCC(=O)O[C@@H](COC(=O)CCCCCCCCCCCCC)COC(=O)CCCCCCCCCCCCCCCCCCCCC. The lowest BCUT2D eigenvalue weighted by molar-refractivity contribution is -0.167. The van der Waals surface area contributed by atoms with Gasteiger partial charge in [-0.05, 0) is 44.9 Å². The first kappa shape index (κ1) is 59.1. The molecule has 0 radical (unpaired) electrons. The molecule has 0 aliphatic carbocycles. The maximum absolute atomic E-state index is 12.8. The maximum atomic E-state index is 12.8. The van der Waals surface area contributed by atoms with Crippen LogP contribution in [-0.4, -0.2) is 37.2 Å². The number of carbonyl (C=O) groups is 3. The second-order valence-corrected chi connectivity index (χ2v) is 18.5. The average molecular weight is 861 g/mol. The molecule has 0 saturated heterocycles. The van der Waals surface area contributed by atoms with E-state index in [1.807, 2.05) is 0 Å². The predicted molar refractivity (Wildman–Crippen MR) is 261 cm³/mol. The number of esters is 3. The van der Waals surface area contributed by atoms with Gasteiger partial charge in [0.2, 0.25) is 0 Å². The highest BCUT2D eigenvalue weighted by atomic mass is 16.6. The lowest BCUT2D eigenvalue weighted by atomic mass is 10.0. The molecule has 0 rings (SSSR count). The third-order valence-corrected chi connectivity index (χ3v) is 12.3. The molecule has 0 aromatic heterocycles. The van der Waals surface area contributed by atoms with E-state index in [1.54, 1.807) is 0 Å². The fraction of sp³-hybridized carbons (Fsp3) is 0.909. The fourth-order valence-corrected chi connectivity index (χ4v) is 8.14. The van der Waals surface area contributed by atoms with Gasteiger partial charge >= 0.3 is 17.9 Å². The number of unbranched alkanes of at least 4 members (excludes halogenated alkanes) is 37. The van der Waals surface area contributed by atoms with Crippen molar-refractivity contribution >= 4 is 17.9 Å². The topological polar surface area (TPSA) is 78.9 Å². The summed E-state index contributed by atoms with van der Waals surface area (Å²) in [6.45, 7) is 6.65. The van der Waals surface area contributed by atoms with E-state index in [4.69, 9.17) is 14.2 Å². The first-order valence-corrected chi connectivity index (χ1v) is 27.2. The molecule has 0 amide bonds. The zero-order valence-corrected chi connectivity index (χ0v) is 41.2. The summed E-state index contributed by atoms with van der Waals surface area (Å²) in [4.78, 5) is 38.0. The standard InChI is InChI=1S/C55H104O6/c1-4-7-10-13-16-19-22-24-25-26-27-28-29-31-33-36-39-42-45-48-54(57)60-51-52(50-59-53(56)47-44-41-38-35-32-21-18-15-12-9-6-3)61-55(58)49-46-43-40-37-34-30-23-20-17-14-11-8-5-2/h20,23,52H,4-19,21-22,24-51H2,1-3H3/b23-20-/t52-/m0/s1. The van der Waals surface area contributed by atoms with E-state index in [-0.39, 0.29) is 31.1 Å². The summed E-state index contributed by atoms with van der Waals surface area (Å²) in [6, 6.07) is 0. The summed E-state index contributed by atoms with van der Waals surface area (Å²) < 4.78 is 16.8. The third-order valence-electron chi connectivity index (χ3n) is 12.3. The summed E-state index contributed by atoms with van der Waals surface area (Å²) in [7, 11) is 0. The van der Waals surface area contributed by atoms with Gasteiger partial charge in [-0.2, -0.15) is 0 Å². The molecular weight excluding hydrogens is 757 g/mol. The van der Waals surface area contributed by atoms with Crippen LogP contribution in [0, 0.1) is 0 Å². The molecule has 6 heteroatoms. The molecule has 0 saturated carbocycles. The zero-order chi connectivity index (χ0) is 44.4. The molecule has 0 aromatic carbocycles. The lowest BCUT2D eigenvalue weighted by Crippen LogP contribution is -2.30. The Bertz CT molecular complexity index is 947. The van der Waals surface area contributed by atoms with Crippen LogP contribution < -0.4 is 0 Å². The van der Waals surface area contributed by atoms with E-state index < -0.39 is 6.10 Å². The fourth-order valence-electron chi connectivity index (χ4n) is 8.14. The average Bonchev–Trinajstić information content (AvgIpc) is 3.26. The predicted octanol–water partition coefficient (Wildman–Crippen LogP) is 17.8. The van der Waals surface area contributed by atoms with E-state index in [0.29, 0.717) is 19.3 Å². The van der Waals surface area contributed by atoms with Crippen LogP contribution in [-0.2, 0) is 28.6 Å². The Morgan fingerprint density at radius 1 is 0.311 bits per heavy atom. The van der Waals surface area contributed by atoms with Crippen LogP contribution in [0.5, 0.6) is 0 Å². The Labute approximate surface area is 380 Å². The molecule has 0 unspecified atom stereocenters. The molecule has 0 heterocycles. The van der Waals surface area contributed by atoms with E-state index in [0.717, 1.165) is 64.2 Å². The van der Waals surface area contributed by atoms with Crippen molar-refractivity contribution in [2.24, 2.45) is 0 Å². The van der Waals surface area contributed by atoms with Crippen LogP contribution in [0.25, 0.3) is 0 Å². The second-order valence-electron chi connectivity index (χ2n) is 18.5. The highest BCUT2D eigenvalue weighted by molar-refractivity contribution is 5.71. The molecule has 61 heavy (non-hydrogen) atoms. The summed E-state index contributed by atoms with van der Waals surface area (Å²) in [6.07, 6.45) is 56.3. The van der Waals surface area contributed by atoms with Crippen LogP contribution >= 0.6 is 0 Å². The number of hydrogen-bond acceptors (Lipinski definition) is 6. The van der Waals surface area contributed by atoms with Gasteiger partial charge in [-0.25, -0.2) is 0 Å². The van der Waals surface area contributed by atoms with Crippen LogP contribution in [0.15, 0.2) is 12.2 Å². The smallest absolute Gasteiger partial charge is 0.306 e. The zero-order valence-electron chi connectivity index (χ0n) is 41.2. The van der Waals surface area contributed by atoms with Crippen molar-refractivity contribution < 1.29 is 28.6 Å². The van der Waals surface area contributed by atoms with E-state index in [1.165, 1.54) is 199 Å². The molecule has 0 fully saturated rings. The van der Waals surface area contributed by atoms with Crippen LogP contribution in [0.4, 0.5) is 0 Å². The second kappa shape index (κ2) is 50.8. The minimum atomic E-state index is -0.767. The van der Waals surface area contributed by atoms with Crippen molar-refractivity contribution in [2.45, 2.75) is 309 Å². The van der Waals surface area contributed by atoms with Gasteiger partial charge in [0.25, 0.3) is 0 Å². The molecule has 0 bridgehead atoms. The number of hydrogen-bond donors (Lipinski definition) is 0. The highest BCUT2D eigenvalue weighted by Gasteiger charge is 2.19. The van der Waals surface area contributed by atoms with Crippen molar-refractivity contribution in [1.29, 1.82) is 0 Å². The first-order chi connectivity index (χ1) is 30.0. The number of rotatable bonds is 50. The Kier molecular flexibility index (Phi) is 49.3.